The van der Waals surface area contributed by atoms with E-state index < -0.39 is 0 Å². The molecule has 3 heteroatoms. The fourth-order valence-electron chi connectivity index (χ4n) is 2.84. The lowest BCUT2D eigenvalue weighted by molar-refractivity contribution is 0.174. The zero-order valence-electron chi connectivity index (χ0n) is 12.5. The molecule has 0 spiro atoms. The molecule has 1 aliphatic heterocycles. The summed E-state index contributed by atoms with van der Waals surface area (Å²) in [4.78, 5) is 5.12. The van der Waals surface area contributed by atoms with Crippen LogP contribution in [0.2, 0.25) is 0 Å². The Hall–Kier alpha value is -0.900. The number of hydrogen-bond acceptors (Lipinski definition) is 3. The SMILES string of the molecule is CNCC1CN(C)C(C)CCN1Cc1ccccc1. The summed E-state index contributed by atoms with van der Waals surface area (Å²) >= 11 is 0. The van der Waals surface area contributed by atoms with Crippen LogP contribution in [0.4, 0.5) is 0 Å². The highest BCUT2D eigenvalue weighted by Gasteiger charge is 2.26. The summed E-state index contributed by atoms with van der Waals surface area (Å²) in [6.07, 6.45) is 1.25. The van der Waals surface area contributed by atoms with Crippen LogP contribution in [0.15, 0.2) is 30.3 Å². The van der Waals surface area contributed by atoms with Crippen LogP contribution < -0.4 is 5.32 Å². The van der Waals surface area contributed by atoms with Crippen molar-refractivity contribution in [3.63, 3.8) is 0 Å². The Balaban J connectivity index is 2.06. The Labute approximate surface area is 117 Å². The van der Waals surface area contributed by atoms with Gasteiger partial charge in [0.15, 0.2) is 0 Å². The molecular formula is C16H27N3. The first kappa shape index (κ1) is 14.5. The van der Waals surface area contributed by atoms with Gasteiger partial charge in [0.05, 0.1) is 0 Å². The summed E-state index contributed by atoms with van der Waals surface area (Å²) in [6, 6.07) is 12.1. The number of rotatable bonds is 4. The zero-order chi connectivity index (χ0) is 13.7. The van der Waals surface area contributed by atoms with Crippen molar-refractivity contribution in [3.8, 4) is 0 Å². The van der Waals surface area contributed by atoms with Gasteiger partial charge in [-0.05, 0) is 33.0 Å². The molecule has 19 heavy (non-hydrogen) atoms. The van der Waals surface area contributed by atoms with Gasteiger partial charge in [-0.25, -0.2) is 0 Å². The quantitative estimate of drug-likeness (QED) is 0.891. The fraction of sp³-hybridized carbons (Fsp3) is 0.625. The molecule has 106 valence electrons. The van der Waals surface area contributed by atoms with Crippen LogP contribution in [0.3, 0.4) is 0 Å². The topological polar surface area (TPSA) is 18.5 Å². The van der Waals surface area contributed by atoms with Gasteiger partial charge in [0.1, 0.15) is 0 Å². The van der Waals surface area contributed by atoms with Crippen LogP contribution >= 0.6 is 0 Å². The minimum Gasteiger partial charge on any atom is -0.318 e. The van der Waals surface area contributed by atoms with Crippen molar-refractivity contribution in [2.24, 2.45) is 0 Å². The van der Waals surface area contributed by atoms with Crippen molar-refractivity contribution in [1.82, 2.24) is 15.1 Å². The lowest BCUT2D eigenvalue weighted by Crippen LogP contribution is -2.45. The molecule has 0 amide bonds. The summed E-state index contributed by atoms with van der Waals surface area (Å²) in [5.41, 5.74) is 1.42. The molecule has 1 saturated heterocycles. The van der Waals surface area contributed by atoms with E-state index in [0.717, 1.165) is 19.6 Å². The van der Waals surface area contributed by atoms with Crippen molar-refractivity contribution >= 4 is 0 Å². The van der Waals surface area contributed by atoms with Gasteiger partial charge >= 0.3 is 0 Å². The zero-order valence-corrected chi connectivity index (χ0v) is 12.5. The number of nitrogens with one attached hydrogen (secondary N) is 1. The predicted molar refractivity (Wildman–Crippen MR) is 81.3 cm³/mol. The predicted octanol–water partition coefficient (Wildman–Crippen LogP) is 1.80. The molecule has 1 aromatic carbocycles. The summed E-state index contributed by atoms with van der Waals surface area (Å²) < 4.78 is 0. The molecule has 0 aromatic heterocycles. The molecule has 0 radical (unpaired) electrons. The highest BCUT2D eigenvalue weighted by atomic mass is 15.3. The standard InChI is InChI=1S/C16H27N3/c1-14-9-10-19(12-15-7-5-4-6-8-15)16(11-17-2)13-18(14)3/h4-8,14,16-17H,9-13H2,1-3H3. The highest BCUT2D eigenvalue weighted by molar-refractivity contribution is 5.14. The maximum atomic E-state index is 3.35. The van der Waals surface area contributed by atoms with E-state index in [2.05, 4.69) is 66.5 Å². The molecule has 1 fully saturated rings. The van der Waals surface area contributed by atoms with Crippen molar-refractivity contribution in [3.05, 3.63) is 35.9 Å². The normalized spacial score (nSPS) is 26.3. The maximum Gasteiger partial charge on any atom is 0.0351 e. The molecule has 2 atom stereocenters. The molecule has 1 N–H and O–H groups in total. The smallest absolute Gasteiger partial charge is 0.0351 e. The van der Waals surface area contributed by atoms with Gasteiger partial charge < -0.3 is 10.2 Å². The minimum atomic E-state index is 0.597. The van der Waals surface area contributed by atoms with Gasteiger partial charge in [0, 0.05) is 38.3 Å². The van der Waals surface area contributed by atoms with Crippen LogP contribution in [-0.4, -0.2) is 55.6 Å². The van der Waals surface area contributed by atoms with Gasteiger partial charge in [-0.2, -0.15) is 0 Å². The largest absolute Gasteiger partial charge is 0.318 e. The average molecular weight is 261 g/mol. The highest BCUT2D eigenvalue weighted by Crippen LogP contribution is 2.16. The van der Waals surface area contributed by atoms with E-state index in [0.29, 0.717) is 12.1 Å². The Morgan fingerprint density at radius 3 is 2.68 bits per heavy atom. The first-order chi connectivity index (χ1) is 9.20. The number of nitrogens with zero attached hydrogens (tertiary/aromatic N) is 2. The van der Waals surface area contributed by atoms with Crippen molar-refractivity contribution in [2.75, 3.05) is 33.7 Å². The van der Waals surface area contributed by atoms with E-state index in [1.54, 1.807) is 0 Å². The maximum absolute atomic E-state index is 3.35. The first-order valence-corrected chi connectivity index (χ1v) is 7.33. The molecule has 2 rings (SSSR count). The van der Waals surface area contributed by atoms with Gasteiger partial charge in [0.2, 0.25) is 0 Å². The van der Waals surface area contributed by atoms with Crippen molar-refractivity contribution in [1.29, 1.82) is 0 Å². The molecule has 3 nitrogen and oxygen atoms in total. The second-order valence-corrected chi connectivity index (χ2v) is 5.74. The van der Waals surface area contributed by atoms with Crippen LogP contribution in [0.25, 0.3) is 0 Å². The Bertz CT molecular complexity index is 366. The van der Waals surface area contributed by atoms with E-state index >= 15 is 0 Å². The minimum absolute atomic E-state index is 0.597. The summed E-state index contributed by atoms with van der Waals surface area (Å²) in [5.74, 6) is 0. The summed E-state index contributed by atoms with van der Waals surface area (Å²) in [6.45, 7) is 6.79. The van der Waals surface area contributed by atoms with Crippen LogP contribution in [0.1, 0.15) is 18.9 Å². The molecule has 0 bridgehead atoms. The van der Waals surface area contributed by atoms with E-state index in [1.165, 1.54) is 18.5 Å². The van der Waals surface area contributed by atoms with Crippen LogP contribution in [0, 0.1) is 0 Å². The molecule has 1 aliphatic rings. The summed E-state index contributed by atoms with van der Waals surface area (Å²) in [7, 11) is 4.30. The second-order valence-electron chi connectivity index (χ2n) is 5.74. The number of likely N-dealkylation sites (N-methyl/N-ethyl adjacent to an activating group) is 2. The van der Waals surface area contributed by atoms with E-state index in [-0.39, 0.29) is 0 Å². The third-order valence-corrected chi connectivity index (χ3v) is 4.27. The molecule has 1 aromatic rings. The molecular weight excluding hydrogens is 234 g/mol. The molecule has 1 heterocycles. The van der Waals surface area contributed by atoms with Gasteiger partial charge in [-0.15, -0.1) is 0 Å². The van der Waals surface area contributed by atoms with E-state index in [9.17, 15) is 0 Å². The Kier molecular flexibility index (Phi) is 5.37. The van der Waals surface area contributed by atoms with E-state index in [1.807, 2.05) is 0 Å². The van der Waals surface area contributed by atoms with Gasteiger partial charge in [-0.3, -0.25) is 4.90 Å². The average Bonchev–Trinajstić information content (AvgIpc) is 2.54. The number of hydrogen-bond donors (Lipinski definition) is 1. The number of benzene rings is 1. The lowest BCUT2D eigenvalue weighted by Gasteiger charge is -2.31. The summed E-state index contributed by atoms with van der Waals surface area (Å²) in [5, 5.41) is 3.35. The third-order valence-electron chi connectivity index (χ3n) is 4.27. The lowest BCUT2D eigenvalue weighted by atomic mass is 10.1. The Morgan fingerprint density at radius 2 is 2.00 bits per heavy atom. The van der Waals surface area contributed by atoms with Crippen molar-refractivity contribution < 1.29 is 0 Å². The van der Waals surface area contributed by atoms with Gasteiger partial charge in [-0.1, -0.05) is 30.3 Å². The molecule has 0 aliphatic carbocycles. The fourth-order valence-corrected chi connectivity index (χ4v) is 2.84. The molecule has 0 saturated carbocycles. The second kappa shape index (κ2) is 7.04. The Morgan fingerprint density at radius 1 is 1.26 bits per heavy atom. The van der Waals surface area contributed by atoms with Crippen LogP contribution in [0.5, 0.6) is 0 Å². The monoisotopic (exact) mass is 261 g/mol. The van der Waals surface area contributed by atoms with Gasteiger partial charge in [0.25, 0.3) is 0 Å². The van der Waals surface area contributed by atoms with Crippen LogP contribution in [-0.2, 0) is 6.54 Å². The third kappa shape index (κ3) is 4.03. The first-order valence-electron chi connectivity index (χ1n) is 7.33. The molecule has 2 unspecified atom stereocenters. The van der Waals surface area contributed by atoms with Crippen molar-refractivity contribution in [2.45, 2.75) is 32.0 Å². The van der Waals surface area contributed by atoms with E-state index in [4.69, 9.17) is 0 Å².